The van der Waals surface area contributed by atoms with Crippen LogP contribution in [0.5, 0.6) is 11.5 Å². The van der Waals surface area contributed by atoms with E-state index in [-0.39, 0.29) is 0 Å². The highest BCUT2D eigenvalue weighted by molar-refractivity contribution is 6.30. The molecular formula is C20H21ClN4O2. The first-order chi connectivity index (χ1) is 13.1. The zero-order valence-corrected chi connectivity index (χ0v) is 16.2. The van der Waals surface area contributed by atoms with E-state index in [1.807, 2.05) is 49.4 Å². The van der Waals surface area contributed by atoms with Crippen LogP contribution in [-0.2, 0) is 6.54 Å². The summed E-state index contributed by atoms with van der Waals surface area (Å²) in [6, 6.07) is 13.2. The number of halogens is 1. The van der Waals surface area contributed by atoms with Crippen molar-refractivity contribution in [3.63, 3.8) is 0 Å². The normalized spacial score (nSPS) is 10.4. The molecule has 0 saturated heterocycles. The molecule has 0 aliphatic heterocycles. The molecule has 140 valence electrons. The Kier molecular flexibility index (Phi) is 5.98. The summed E-state index contributed by atoms with van der Waals surface area (Å²) >= 11 is 6.00. The van der Waals surface area contributed by atoms with E-state index in [0.29, 0.717) is 34.8 Å². The van der Waals surface area contributed by atoms with Gasteiger partial charge in [0.05, 0.1) is 14.2 Å². The third-order valence-corrected chi connectivity index (χ3v) is 4.25. The molecule has 2 aromatic carbocycles. The highest BCUT2D eigenvalue weighted by atomic mass is 35.5. The summed E-state index contributed by atoms with van der Waals surface area (Å²) in [5.74, 6) is 2.62. The van der Waals surface area contributed by atoms with Crippen molar-refractivity contribution in [1.82, 2.24) is 9.97 Å². The minimum atomic E-state index is 0.512. The zero-order chi connectivity index (χ0) is 19.2. The van der Waals surface area contributed by atoms with Gasteiger partial charge in [0.15, 0.2) is 11.5 Å². The molecule has 0 aliphatic rings. The second-order valence-corrected chi connectivity index (χ2v) is 6.33. The minimum absolute atomic E-state index is 0.512. The fourth-order valence-electron chi connectivity index (χ4n) is 2.59. The van der Waals surface area contributed by atoms with Gasteiger partial charge >= 0.3 is 0 Å². The van der Waals surface area contributed by atoms with Crippen molar-refractivity contribution in [2.24, 2.45) is 0 Å². The lowest BCUT2D eigenvalue weighted by molar-refractivity contribution is 0.354. The minimum Gasteiger partial charge on any atom is -0.493 e. The van der Waals surface area contributed by atoms with Gasteiger partial charge in [-0.2, -0.15) is 4.98 Å². The topological polar surface area (TPSA) is 68.3 Å². The van der Waals surface area contributed by atoms with E-state index < -0.39 is 0 Å². The first-order valence-electron chi connectivity index (χ1n) is 8.40. The van der Waals surface area contributed by atoms with Gasteiger partial charge in [-0.1, -0.05) is 17.7 Å². The fourth-order valence-corrected chi connectivity index (χ4v) is 2.82. The average Bonchev–Trinajstić information content (AvgIpc) is 2.68. The Bertz CT molecular complexity index is 934. The molecule has 3 aromatic rings. The summed E-state index contributed by atoms with van der Waals surface area (Å²) in [7, 11) is 3.24. The molecule has 0 spiro atoms. The Morgan fingerprint density at radius 2 is 1.81 bits per heavy atom. The highest BCUT2D eigenvalue weighted by Crippen LogP contribution is 2.28. The summed E-state index contributed by atoms with van der Waals surface area (Å²) < 4.78 is 10.6. The number of hydrogen-bond donors (Lipinski definition) is 2. The van der Waals surface area contributed by atoms with Crippen LogP contribution in [0.4, 0.5) is 17.5 Å². The van der Waals surface area contributed by atoms with Crippen LogP contribution in [0.2, 0.25) is 5.02 Å². The van der Waals surface area contributed by atoms with Crippen LogP contribution in [0.25, 0.3) is 0 Å². The molecule has 2 N–H and O–H groups in total. The number of anilines is 3. The van der Waals surface area contributed by atoms with Crippen molar-refractivity contribution < 1.29 is 9.47 Å². The van der Waals surface area contributed by atoms with E-state index in [1.54, 1.807) is 20.4 Å². The van der Waals surface area contributed by atoms with Crippen LogP contribution in [-0.4, -0.2) is 24.2 Å². The predicted molar refractivity (Wildman–Crippen MR) is 108 cm³/mol. The quantitative estimate of drug-likeness (QED) is 0.609. The largest absolute Gasteiger partial charge is 0.493 e. The maximum absolute atomic E-state index is 6.00. The summed E-state index contributed by atoms with van der Waals surface area (Å²) in [6.45, 7) is 2.57. The Balaban J connectivity index is 1.69. The molecule has 0 unspecified atom stereocenters. The maximum atomic E-state index is 6.00. The number of aromatic nitrogens is 2. The first-order valence-corrected chi connectivity index (χ1v) is 8.78. The second-order valence-electron chi connectivity index (χ2n) is 5.89. The van der Waals surface area contributed by atoms with Gasteiger partial charge in [0.1, 0.15) is 5.82 Å². The van der Waals surface area contributed by atoms with E-state index in [9.17, 15) is 0 Å². The van der Waals surface area contributed by atoms with Crippen molar-refractivity contribution in [1.29, 1.82) is 0 Å². The van der Waals surface area contributed by atoms with Crippen LogP contribution < -0.4 is 20.1 Å². The van der Waals surface area contributed by atoms with Crippen LogP contribution in [0.1, 0.15) is 11.1 Å². The van der Waals surface area contributed by atoms with Crippen LogP contribution in [0.3, 0.4) is 0 Å². The maximum Gasteiger partial charge on any atom is 0.229 e. The lowest BCUT2D eigenvalue weighted by Gasteiger charge is -2.12. The SMILES string of the molecule is COc1ccc(CNc2ccnc(Nc3ccc(Cl)cc3C)n2)cc1OC. The smallest absolute Gasteiger partial charge is 0.229 e. The van der Waals surface area contributed by atoms with E-state index in [2.05, 4.69) is 20.6 Å². The molecule has 3 rings (SSSR count). The Hall–Kier alpha value is -2.99. The van der Waals surface area contributed by atoms with E-state index in [4.69, 9.17) is 21.1 Å². The summed E-state index contributed by atoms with van der Waals surface area (Å²) in [5.41, 5.74) is 2.99. The summed E-state index contributed by atoms with van der Waals surface area (Å²) in [6.07, 6.45) is 1.71. The third kappa shape index (κ3) is 4.80. The number of aryl methyl sites for hydroxylation is 1. The molecule has 0 aliphatic carbocycles. The molecule has 0 atom stereocenters. The molecule has 0 bridgehead atoms. The number of methoxy groups -OCH3 is 2. The lowest BCUT2D eigenvalue weighted by Crippen LogP contribution is -2.05. The van der Waals surface area contributed by atoms with E-state index >= 15 is 0 Å². The predicted octanol–water partition coefficient (Wildman–Crippen LogP) is 4.81. The number of benzene rings is 2. The highest BCUT2D eigenvalue weighted by Gasteiger charge is 2.06. The number of rotatable bonds is 7. The monoisotopic (exact) mass is 384 g/mol. The van der Waals surface area contributed by atoms with Crippen molar-refractivity contribution in [2.75, 3.05) is 24.9 Å². The zero-order valence-electron chi connectivity index (χ0n) is 15.4. The van der Waals surface area contributed by atoms with Crippen LogP contribution in [0.15, 0.2) is 48.7 Å². The fraction of sp³-hybridized carbons (Fsp3) is 0.200. The van der Waals surface area contributed by atoms with Gasteiger partial charge < -0.3 is 20.1 Å². The standard InChI is InChI=1S/C20H21ClN4O2/c1-13-10-15(21)5-6-16(13)24-20-22-9-8-19(25-20)23-12-14-4-7-17(26-2)18(11-14)27-3/h4-11H,12H2,1-3H3,(H2,22,23,24,25). The molecule has 0 radical (unpaired) electrons. The number of hydrogen-bond acceptors (Lipinski definition) is 6. The van der Waals surface area contributed by atoms with Crippen molar-refractivity contribution in [3.05, 3.63) is 64.8 Å². The van der Waals surface area contributed by atoms with Gasteiger partial charge in [0.25, 0.3) is 0 Å². The summed E-state index contributed by atoms with van der Waals surface area (Å²) in [5, 5.41) is 7.20. The molecule has 0 saturated carbocycles. The molecule has 1 heterocycles. The van der Waals surface area contributed by atoms with Crippen molar-refractivity contribution in [2.45, 2.75) is 13.5 Å². The molecular weight excluding hydrogens is 364 g/mol. The van der Waals surface area contributed by atoms with Gasteiger partial charge in [-0.25, -0.2) is 4.98 Å². The van der Waals surface area contributed by atoms with Crippen molar-refractivity contribution in [3.8, 4) is 11.5 Å². The van der Waals surface area contributed by atoms with Crippen molar-refractivity contribution >= 4 is 29.1 Å². The van der Waals surface area contributed by atoms with Gasteiger partial charge in [-0.3, -0.25) is 0 Å². The Labute approximate surface area is 163 Å². The van der Waals surface area contributed by atoms with Crippen LogP contribution >= 0.6 is 11.6 Å². The van der Waals surface area contributed by atoms with Crippen LogP contribution in [0, 0.1) is 6.92 Å². The average molecular weight is 385 g/mol. The molecule has 0 amide bonds. The number of nitrogens with zero attached hydrogens (tertiary/aromatic N) is 2. The Morgan fingerprint density at radius 1 is 1.00 bits per heavy atom. The van der Waals surface area contributed by atoms with Gasteiger partial charge in [0.2, 0.25) is 5.95 Å². The van der Waals surface area contributed by atoms with Gasteiger partial charge in [-0.15, -0.1) is 0 Å². The van der Waals surface area contributed by atoms with E-state index in [0.717, 1.165) is 16.8 Å². The third-order valence-electron chi connectivity index (χ3n) is 4.01. The second kappa shape index (κ2) is 8.60. The molecule has 7 heteroatoms. The molecule has 1 aromatic heterocycles. The summed E-state index contributed by atoms with van der Waals surface area (Å²) in [4.78, 5) is 8.77. The molecule has 0 fully saturated rings. The molecule has 6 nitrogen and oxygen atoms in total. The van der Waals surface area contributed by atoms with E-state index in [1.165, 1.54) is 0 Å². The van der Waals surface area contributed by atoms with Gasteiger partial charge in [0, 0.05) is 23.5 Å². The number of ether oxygens (including phenoxy) is 2. The Morgan fingerprint density at radius 3 is 2.56 bits per heavy atom. The van der Waals surface area contributed by atoms with Gasteiger partial charge in [-0.05, 0) is 54.4 Å². The molecule has 27 heavy (non-hydrogen) atoms. The number of nitrogens with one attached hydrogen (secondary N) is 2. The first kappa shape index (κ1) is 18.8. The lowest BCUT2D eigenvalue weighted by atomic mass is 10.2.